The molecule has 7 heteroatoms. The van der Waals surface area contributed by atoms with Crippen LogP contribution in [0.25, 0.3) is 93.6 Å². The molecule has 0 radical (unpaired) electrons. The van der Waals surface area contributed by atoms with E-state index in [0.717, 1.165) is 34.3 Å². The van der Waals surface area contributed by atoms with Gasteiger partial charge in [-0.15, -0.1) is 0 Å². The van der Waals surface area contributed by atoms with Crippen molar-refractivity contribution in [3.63, 3.8) is 0 Å². The number of rotatable bonds is 8. The van der Waals surface area contributed by atoms with Crippen LogP contribution in [0.15, 0.2) is 242 Å². The summed E-state index contributed by atoms with van der Waals surface area (Å²) in [6.07, 6.45) is 4.89. The molecule has 1 aliphatic rings. The van der Waals surface area contributed by atoms with Crippen LogP contribution in [0.4, 0.5) is 11.4 Å². The minimum atomic E-state index is -0.104. The van der Waals surface area contributed by atoms with Crippen LogP contribution in [0, 0.1) is 0 Å². The number of nitrogens with one attached hydrogen (secondary N) is 1. The van der Waals surface area contributed by atoms with Crippen molar-refractivity contribution in [1.29, 1.82) is 0 Å². The molecule has 5 heterocycles. The quantitative estimate of drug-likeness (QED) is 0.152. The van der Waals surface area contributed by atoms with Crippen molar-refractivity contribution in [1.82, 2.24) is 18.7 Å². The van der Waals surface area contributed by atoms with E-state index >= 15 is 0 Å². The fourth-order valence-electron chi connectivity index (χ4n) is 10.8. The van der Waals surface area contributed by atoms with Gasteiger partial charge >= 0.3 is 407 Å². The molecule has 9 aromatic carbocycles. The summed E-state index contributed by atoms with van der Waals surface area (Å²) in [6, 6.07) is 81.6. The van der Waals surface area contributed by atoms with Crippen LogP contribution in [-0.2, 0) is 0 Å². The zero-order valence-electron chi connectivity index (χ0n) is 37.4. The number of aliphatic imine (C=N–C) groups is 1. The number of hydrogen-bond donors (Lipinski definition) is 1. The fraction of sp³-hybridized carbons (Fsp3) is 0.0161. The summed E-state index contributed by atoms with van der Waals surface area (Å²) >= 11 is -0.104. The van der Waals surface area contributed by atoms with Gasteiger partial charge in [0.05, 0.1) is 0 Å². The normalized spacial score (nSPS) is 12.8. The second kappa shape index (κ2) is 16.0. The third-order valence-electron chi connectivity index (χ3n) is 13.7. The van der Waals surface area contributed by atoms with Crippen molar-refractivity contribution >= 4 is 112 Å². The van der Waals surface area contributed by atoms with Crippen molar-refractivity contribution in [2.45, 2.75) is 6.42 Å². The van der Waals surface area contributed by atoms with E-state index in [0.29, 0.717) is 6.42 Å². The van der Waals surface area contributed by atoms with Crippen LogP contribution in [0.5, 0.6) is 0 Å². The Kier molecular flexibility index (Phi) is 9.19. The Hall–Kier alpha value is -8.61. The first-order valence-electron chi connectivity index (χ1n) is 23.4. The first kappa shape index (κ1) is 39.5. The van der Waals surface area contributed by atoms with E-state index < -0.39 is 0 Å². The Morgan fingerprint density at radius 1 is 0.406 bits per heavy atom. The summed E-state index contributed by atoms with van der Waals surface area (Å²) in [6.45, 7) is 0. The third kappa shape index (κ3) is 6.51. The Bertz CT molecular complexity index is 4040. The molecule has 0 aliphatic carbocycles. The predicted octanol–water partition coefficient (Wildman–Crippen LogP) is 14.1. The summed E-state index contributed by atoms with van der Waals surface area (Å²) in [4.78, 5) is 11.5. The fourth-order valence-corrected chi connectivity index (χ4v) is 12.7. The number of fused-ring (bicyclic) bond motifs is 9. The summed E-state index contributed by atoms with van der Waals surface area (Å²) in [7, 11) is 0. The van der Waals surface area contributed by atoms with E-state index in [-0.39, 0.29) is 15.0 Å². The molecular formula is C62H42N6Se. The predicted molar refractivity (Wildman–Crippen MR) is 291 cm³/mol. The Balaban J connectivity index is 0.938. The summed E-state index contributed by atoms with van der Waals surface area (Å²) in [5.74, 6) is 0.964. The molecule has 4 aromatic heterocycles. The van der Waals surface area contributed by atoms with E-state index in [2.05, 4.69) is 260 Å². The average molecular weight is 950 g/mol. The molecule has 0 bridgehead atoms. The monoisotopic (exact) mass is 950 g/mol. The van der Waals surface area contributed by atoms with Crippen molar-refractivity contribution in [3.05, 3.63) is 237 Å². The minimum absolute atomic E-state index is 0.104. The van der Waals surface area contributed by atoms with Gasteiger partial charge in [-0.3, -0.25) is 0 Å². The number of nitrogens with zero attached hydrogens (tertiary/aromatic N) is 5. The SMILES string of the molecule is C1=C(n2c3ccccc3c3ccccc32)CC(N(c2ccc(-c3ccccc3)cc2)c2cc([Se]c3cc(-n4c5ccccc5c5ccccc54)c[nH]3)cc(-n3c4ccccc4c4ccccc43)c2)=N1. The van der Waals surface area contributed by atoms with Crippen molar-refractivity contribution in [2.75, 3.05) is 4.90 Å². The van der Waals surface area contributed by atoms with Gasteiger partial charge in [-0.1, -0.05) is 0 Å². The van der Waals surface area contributed by atoms with E-state index in [1.165, 1.54) is 85.6 Å². The molecule has 69 heavy (non-hydrogen) atoms. The topological polar surface area (TPSA) is 46.2 Å². The number of para-hydroxylation sites is 6. The first-order valence-corrected chi connectivity index (χ1v) is 25.1. The number of aromatic amines is 1. The average Bonchev–Trinajstić information content (AvgIpc) is 4.25. The van der Waals surface area contributed by atoms with E-state index in [1.54, 1.807) is 0 Å². The maximum atomic E-state index is 5.36. The van der Waals surface area contributed by atoms with E-state index in [4.69, 9.17) is 4.99 Å². The summed E-state index contributed by atoms with van der Waals surface area (Å²) < 4.78 is 9.67. The van der Waals surface area contributed by atoms with Gasteiger partial charge in [0.1, 0.15) is 0 Å². The molecule has 0 amide bonds. The standard InChI is InChI=1S/C62H42N6Se/c1-2-16-41(17-3-1)42-30-32-43(33-31-42)65(61-37-46(39-63-61)67-57-26-12-6-20-51(57)52-21-7-13-27-58(52)67)44-34-45(66-55-24-10-4-18-49(55)50-19-5-11-25-56(50)66)36-48(35-44)69-62-38-47(40-64-62)68-59-28-14-8-22-53(59)54-23-9-15-29-60(54)68/h1-36,38-40,64H,37H2. The number of benzene rings is 9. The first-order chi connectivity index (χ1) is 34.2. The molecule has 1 aliphatic heterocycles. The molecule has 0 fully saturated rings. The summed E-state index contributed by atoms with van der Waals surface area (Å²) in [5, 5.41) is 7.47. The van der Waals surface area contributed by atoms with E-state index in [9.17, 15) is 0 Å². The molecule has 6 nitrogen and oxygen atoms in total. The van der Waals surface area contributed by atoms with Crippen LogP contribution in [0.3, 0.4) is 0 Å². The molecule has 0 unspecified atom stereocenters. The van der Waals surface area contributed by atoms with Crippen molar-refractivity contribution < 1.29 is 0 Å². The number of anilines is 2. The molecule has 0 saturated heterocycles. The van der Waals surface area contributed by atoms with Crippen LogP contribution in [0.2, 0.25) is 0 Å². The molecule has 326 valence electrons. The third-order valence-corrected chi connectivity index (χ3v) is 15.7. The number of aromatic nitrogens is 4. The van der Waals surface area contributed by atoms with Crippen LogP contribution >= 0.6 is 0 Å². The van der Waals surface area contributed by atoms with Crippen LogP contribution in [0.1, 0.15) is 6.42 Å². The number of amidine groups is 1. The van der Waals surface area contributed by atoms with Crippen LogP contribution in [-0.4, -0.2) is 39.5 Å². The van der Waals surface area contributed by atoms with Gasteiger partial charge in [0.2, 0.25) is 0 Å². The number of hydrogen-bond acceptors (Lipinski definition) is 2. The molecule has 14 rings (SSSR count). The van der Waals surface area contributed by atoms with Gasteiger partial charge in [-0.2, -0.15) is 0 Å². The second-order valence-electron chi connectivity index (χ2n) is 17.7. The molecule has 13 aromatic rings. The second-order valence-corrected chi connectivity index (χ2v) is 20.0. The Labute approximate surface area is 404 Å². The van der Waals surface area contributed by atoms with Crippen molar-refractivity contribution in [2.24, 2.45) is 4.99 Å². The van der Waals surface area contributed by atoms with Gasteiger partial charge in [0.15, 0.2) is 0 Å². The zero-order chi connectivity index (χ0) is 45.4. The Morgan fingerprint density at radius 2 is 0.855 bits per heavy atom. The van der Waals surface area contributed by atoms with Gasteiger partial charge in [0.25, 0.3) is 0 Å². The summed E-state index contributed by atoms with van der Waals surface area (Å²) in [5.41, 5.74) is 15.0. The van der Waals surface area contributed by atoms with Gasteiger partial charge < -0.3 is 0 Å². The molecule has 0 saturated carbocycles. The van der Waals surface area contributed by atoms with E-state index in [1.807, 2.05) is 0 Å². The molecule has 1 N–H and O–H groups in total. The van der Waals surface area contributed by atoms with Crippen molar-refractivity contribution in [3.8, 4) is 22.5 Å². The molecule has 0 atom stereocenters. The van der Waals surface area contributed by atoms with Gasteiger partial charge in [0, 0.05) is 0 Å². The number of H-pyrrole nitrogens is 1. The van der Waals surface area contributed by atoms with Gasteiger partial charge in [-0.25, -0.2) is 0 Å². The van der Waals surface area contributed by atoms with Gasteiger partial charge in [-0.05, 0) is 0 Å². The zero-order valence-corrected chi connectivity index (χ0v) is 39.1. The molecular weight excluding hydrogens is 908 g/mol. The van der Waals surface area contributed by atoms with Crippen LogP contribution < -0.4 is 14.0 Å². The maximum absolute atomic E-state index is 5.36. The Morgan fingerprint density at radius 3 is 1.38 bits per heavy atom. The molecule has 0 spiro atoms.